The lowest BCUT2D eigenvalue weighted by Gasteiger charge is -2.24. The molecule has 236 valence electrons. The highest BCUT2D eigenvalue weighted by molar-refractivity contribution is 7.07. The van der Waals surface area contributed by atoms with Gasteiger partial charge < -0.3 is 14.2 Å². The third kappa shape index (κ3) is 6.34. The van der Waals surface area contributed by atoms with Crippen LogP contribution in [-0.2, 0) is 14.3 Å². The van der Waals surface area contributed by atoms with Gasteiger partial charge in [-0.3, -0.25) is 14.2 Å². The molecular formula is C36H30N4O6S. The maximum Gasteiger partial charge on any atom is 0.338 e. The molecule has 47 heavy (non-hydrogen) atoms. The molecule has 3 aromatic carbocycles. The molecule has 5 aromatic rings. The fourth-order valence-electron chi connectivity index (χ4n) is 5.31. The number of fused-ring (bicyclic) bond motifs is 1. The highest BCUT2D eigenvalue weighted by Gasteiger charge is 2.33. The number of rotatable bonds is 9. The zero-order valence-corrected chi connectivity index (χ0v) is 26.7. The summed E-state index contributed by atoms with van der Waals surface area (Å²) in [5, 5.41) is 4.88. The molecule has 1 aliphatic heterocycles. The summed E-state index contributed by atoms with van der Waals surface area (Å²) in [5.74, 6) is -0.0170. The number of benzene rings is 3. The van der Waals surface area contributed by atoms with Gasteiger partial charge in [-0.25, -0.2) is 14.5 Å². The van der Waals surface area contributed by atoms with Crippen LogP contribution in [0.25, 0.3) is 23.0 Å². The Balaban J connectivity index is 1.52. The van der Waals surface area contributed by atoms with Crippen LogP contribution in [0.4, 0.5) is 0 Å². The highest BCUT2D eigenvalue weighted by atomic mass is 32.1. The summed E-state index contributed by atoms with van der Waals surface area (Å²) in [6.45, 7) is 6.66. The summed E-state index contributed by atoms with van der Waals surface area (Å²) >= 11 is 1.22. The number of esters is 2. The van der Waals surface area contributed by atoms with Crippen LogP contribution in [0, 0.1) is 0 Å². The number of carbonyl (C=O) groups excluding carboxylic acids is 2. The molecule has 0 bridgehead atoms. The van der Waals surface area contributed by atoms with Crippen molar-refractivity contribution in [3.63, 3.8) is 0 Å². The van der Waals surface area contributed by atoms with Gasteiger partial charge in [0.1, 0.15) is 23.8 Å². The predicted octanol–water partition coefficient (Wildman–Crippen LogP) is 4.75. The first-order chi connectivity index (χ1) is 22.8. The first-order valence-electron chi connectivity index (χ1n) is 14.7. The highest BCUT2D eigenvalue weighted by Crippen LogP contribution is 2.32. The van der Waals surface area contributed by atoms with Gasteiger partial charge in [0.25, 0.3) is 5.56 Å². The lowest BCUT2D eigenvalue weighted by Crippen LogP contribution is -2.39. The number of ether oxygens (including phenoxy) is 3. The van der Waals surface area contributed by atoms with Crippen molar-refractivity contribution in [2.75, 3.05) is 13.7 Å². The van der Waals surface area contributed by atoms with E-state index >= 15 is 0 Å². The molecule has 0 fully saturated rings. The van der Waals surface area contributed by atoms with E-state index in [4.69, 9.17) is 19.3 Å². The quantitative estimate of drug-likeness (QED) is 0.129. The molecule has 2 aromatic heterocycles. The van der Waals surface area contributed by atoms with Crippen LogP contribution in [0.1, 0.15) is 31.0 Å². The summed E-state index contributed by atoms with van der Waals surface area (Å²) in [5.41, 5.74) is 4.02. The Labute approximate surface area is 273 Å². The number of hydrogen-bond donors (Lipinski definition) is 0. The molecule has 0 spiro atoms. The summed E-state index contributed by atoms with van der Waals surface area (Å²) < 4.78 is 19.7. The van der Waals surface area contributed by atoms with Gasteiger partial charge in [-0.05, 0) is 67.1 Å². The van der Waals surface area contributed by atoms with E-state index in [0.29, 0.717) is 43.4 Å². The van der Waals surface area contributed by atoms with E-state index in [9.17, 15) is 14.4 Å². The topological polar surface area (TPSA) is 114 Å². The van der Waals surface area contributed by atoms with Crippen molar-refractivity contribution in [1.29, 1.82) is 0 Å². The van der Waals surface area contributed by atoms with Crippen molar-refractivity contribution in [2.45, 2.75) is 19.9 Å². The van der Waals surface area contributed by atoms with Crippen LogP contribution in [0.2, 0.25) is 0 Å². The summed E-state index contributed by atoms with van der Waals surface area (Å²) in [4.78, 5) is 44.3. The zero-order chi connectivity index (χ0) is 33.1. The average Bonchev–Trinajstić information content (AvgIpc) is 3.64. The third-order valence-electron chi connectivity index (χ3n) is 7.44. The van der Waals surface area contributed by atoms with E-state index in [0.717, 1.165) is 11.3 Å². The number of aromatic nitrogens is 3. The van der Waals surface area contributed by atoms with Gasteiger partial charge in [-0.1, -0.05) is 54.3 Å². The monoisotopic (exact) mass is 646 g/mol. The van der Waals surface area contributed by atoms with E-state index < -0.39 is 18.0 Å². The Morgan fingerprint density at radius 1 is 1.00 bits per heavy atom. The molecule has 0 saturated heterocycles. The Hall–Kier alpha value is -5.81. The van der Waals surface area contributed by atoms with Gasteiger partial charge in [0.2, 0.25) is 0 Å². The molecule has 0 radical (unpaired) electrons. The van der Waals surface area contributed by atoms with Crippen LogP contribution in [0.15, 0.2) is 119 Å². The largest absolute Gasteiger partial charge is 0.497 e. The van der Waals surface area contributed by atoms with Crippen molar-refractivity contribution in [2.24, 2.45) is 4.99 Å². The summed E-state index contributed by atoms with van der Waals surface area (Å²) in [6, 6.07) is 23.1. The number of methoxy groups -OCH3 is 1. The molecule has 0 aliphatic carbocycles. The van der Waals surface area contributed by atoms with E-state index in [1.807, 2.05) is 60.8 Å². The minimum absolute atomic E-state index is 0.00230. The maximum atomic E-state index is 14.3. The minimum atomic E-state index is -0.842. The van der Waals surface area contributed by atoms with Crippen molar-refractivity contribution >= 4 is 29.4 Å². The lowest BCUT2D eigenvalue weighted by molar-refractivity contribution is -0.138. The number of thiazole rings is 1. The molecule has 1 aliphatic rings. The number of para-hydroxylation sites is 1. The summed E-state index contributed by atoms with van der Waals surface area (Å²) in [6.07, 6.45) is 5.15. The van der Waals surface area contributed by atoms with Gasteiger partial charge in [-0.2, -0.15) is 5.10 Å². The first kappa shape index (κ1) is 31.2. The van der Waals surface area contributed by atoms with E-state index in [1.54, 1.807) is 49.1 Å². The Morgan fingerprint density at radius 2 is 1.70 bits per heavy atom. The van der Waals surface area contributed by atoms with Gasteiger partial charge >= 0.3 is 11.9 Å². The number of allylic oxidation sites excluding steroid dienone is 1. The standard InChI is InChI=1S/C36H30N4O6S/c1-5-19-45-35(43)31-22(2)37-36-40(33(31)25-13-17-29(18-14-25)46-23(3)41)34(42)30(47-36)20-26-21-39(27-9-7-6-8-10-27)38-32(26)24-11-15-28(44-4)16-12-24/h5-18,20-21,33H,1,19H2,2-4H3/b30-20-/t33-/m1/s1. The maximum absolute atomic E-state index is 14.3. The van der Waals surface area contributed by atoms with Crippen molar-refractivity contribution < 1.29 is 23.8 Å². The van der Waals surface area contributed by atoms with Gasteiger partial charge in [-0.15, -0.1) is 0 Å². The average molecular weight is 647 g/mol. The second-order valence-electron chi connectivity index (χ2n) is 10.6. The SMILES string of the molecule is C=CCOC(=O)C1=C(C)N=c2s/c(=C\c3cn(-c4ccccc4)nc3-c3ccc(OC)cc3)c(=O)n2[C@@H]1c1ccc(OC(C)=O)cc1. The van der Waals surface area contributed by atoms with Crippen LogP contribution in [0.5, 0.6) is 11.5 Å². The van der Waals surface area contributed by atoms with E-state index in [1.165, 1.54) is 28.9 Å². The second-order valence-corrected chi connectivity index (χ2v) is 11.6. The molecule has 0 saturated carbocycles. The normalized spacial score (nSPS) is 14.3. The fourth-order valence-corrected chi connectivity index (χ4v) is 6.35. The van der Waals surface area contributed by atoms with Crippen molar-refractivity contribution in [3.8, 4) is 28.4 Å². The molecule has 11 heteroatoms. The zero-order valence-electron chi connectivity index (χ0n) is 25.9. The van der Waals surface area contributed by atoms with Crippen LogP contribution < -0.4 is 24.4 Å². The second kappa shape index (κ2) is 13.3. The third-order valence-corrected chi connectivity index (χ3v) is 8.43. The van der Waals surface area contributed by atoms with Gasteiger partial charge in [0.05, 0.1) is 34.6 Å². The van der Waals surface area contributed by atoms with Crippen LogP contribution in [0.3, 0.4) is 0 Å². The van der Waals surface area contributed by atoms with E-state index in [-0.39, 0.29) is 17.7 Å². The van der Waals surface area contributed by atoms with Crippen molar-refractivity contribution in [1.82, 2.24) is 14.3 Å². The van der Waals surface area contributed by atoms with Crippen LogP contribution in [-0.4, -0.2) is 40.0 Å². The lowest BCUT2D eigenvalue weighted by atomic mass is 9.96. The molecular weight excluding hydrogens is 616 g/mol. The van der Waals surface area contributed by atoms with Crippen LogP contribution >= 0.6 is 11.3 Å². The van der Waals surface area contributed by atoms with Gasteiger partial charge in [0, 0.05) is 24.2 Å². The van der Waals surface area contributed by atoms with Crippen molar-refractivity contribution in [3.05, 3.63) is 140 Å². The smallest absolute Gasteiger partial charge is 0.338 e. The molecule has 0 amide bonds. The molecule has 1 atom stereocenters. The first-order valence-corrected chi connectivity index (χ1v) is 15.5. The molecule has 6 rings (SSSR count). The molecule has 10 nitrogen and oxygen atoms in total. The Bertz CT molecular complexity index is 2190. The fraction of sp³-hybridized carbons (Fsp3) is 0.139. The number of carbonyl (C=O) groups is 2. The number of nitrogens with zero attached hydrogens (tertiary/aromatic N) is 4. The minimum Gasteiger partial charge on any atom is -0.497 e. The van der Waals surface area contributed by atoms with Gasteiger partial charge in [0.15, 0.2) is 4.80 Å². The molecule has 0 unspecified atom stereocenters. The predicted molar refractivity (Wildman–Crippen MR) is 178 cm³/mol. The molecule has 0 N–H and O–H groups in total. The Morgan fingerprint density at radius 3 is 2.36 bits per heavy atom. The number of hydrogen-bond acceptors (Lipinski definition) is 9. The Kier molecular flexibility index (Phi) is 8.81. The summed E-state index contributed by atoms with van der Waals surface area (Å²) in [7, 11) is 1.61. The molecule has 3 heterocycles. The van der Waals surface area contributed by atoms with E-state index in [2.05, 4.69) is 11.6 Å².